The highest BCUT2D eigenvalue weighted by atomic mass is 35.5. The zero-order valence-electron chi connectivity index (χ0n) is 6.88. The molecule has 1 heterocycles. The maximum atomic E-state index is 9.44. The largest absolute Gasteiger partial charge is 0.300 e. The van der Waals surface area contributed by atoms with Gasteiger partial charge < -0.3 is 4.79 Å². The van der Waals surface area contributed by atoms with Gasteiger partial charge in [-0.15, -0.1) is 0 Å². The van der Waals surface area contributed by atoms with E-state index < -0.39 is 0 Å². The highest BCUT2D eigenvalue weighted by Gasteiger charge is 1.97. The molecule has 13 heavy (non-hydrogen) atoms. The third-order valence-corrected chi connectivity index (χ3v) is 1.06. The number of nitrogens with zero attached hydrogens (tertiary/aromatic N) is 3. The van der Waals surface area contributed by atoms with Gasteiger partial charge in [0.15, 0.2) is 0 Å². The second-order valence-electron chi connectivity index (χ2n) is 2.05. The van der Waals surface area contributed by atoms with Crippen LogP contribution in [-0.4, -0.2) is 20.7 Å². The number of halogens is 3. The van der Waals surface area contributed by atoms with Gasteiger partial charge in [0.05, 0.1) is 0 Å². The average Bonchev–Trinajstić information content (AvgIpc) is 1.80. The Morgan fingerprint density at radius 1 is 0.923 bits per heavy atom. The van der Waals surface area contributed by atoms with Crippen LogP contribution in [0.25, 0.3) is 0 Å². The first-order chi connectivity index (χ1) is 5.91. The predicted octanol–water partition coefficient (Wildman–Crippen LogP) is 2.43. The number of ketones is 1. The van der Waals surface area contributed by atoms with Gasteiger partial charge in [-0.1, -0.05) is 0 Å². The van der Waals surface area contributed by atoms with Crippen molar-refractivity contribution in [3.05, 3.63) is 15.9 Å². The van der Waals surface area contributed by atoms with Crippen molar-refractivity contribution >= 4 is 40.6 Å². The molecule has 4 nitrogen and oxygen atoms in total. The summed E-state index contributed by atoms with van der Waals surface area (Å²) in [7, 11) is 0. The second kappa shape index (κ2) is 6.07. The van der Waals surface area contributed by atoms with Crippen LogP contribution < -0.4 is 0 Å². The van der Waals surface area contributed by atoms with E-state index in [0.29, 0.717) is 0 Å². The van der Waals surface area contributed by atoms with Crippen LogP contribution in [-0.2, 0) is 4.79 Å². The van der Waals surface area contributed by atoms with Crippen LogP contribution in [0.3, 0.4) is 0 Å². The quantitative estimate of drug-likeness (QED) is 0.701. The minimum atomic E-state index is 0.000000000000000444. The van der Waals surface area contributed by atoms with E-state index in [1.807, 2.05) is 0 Å². The molecule has 0 spiro atoms. The van der Waals surface area contributed by atoms with Crippen molar-refractivity contribution in [2.24, 2.45) is 0 Å². The lowest BCUT2D eigenvalue weighted by molar-refractivity contribution is -0.114. The Labute approximate surface area is 90.3 Å². The molecule has 1 aromatic rings. The van der Waals surface area contributed by atoms with Gasteiger partial charge in [-0.05, 0) is 48.7 Å². The second-order valence-corrected chi connectivity index (χ2v) is 3.06. The van der Waals surface area contributed by atoms with Gasteiger partial charge in [-0.3, -0.25) is 0 Å². The molecule has 7 heteroatoms. The van der Waals surface area contributed by atoms with Crippen molar-refractivity contribution in [3.63, 3.8) is 0 Å². The van der Waals surface area contributed by atoms with Crippen molar-refractivity contribution < 1.29 is 4.79 Å². The summed E-state index contributed by atoms with van der Waals surface area (Å²) >= 11 is 16.0. The Bertz CT molecular complexity index is 251. The smallest absolute Gasteiger partial charge is 0.227 e. The van der Waals surface area contributed by atoms with Crippen LogP contribution in [0.1, 0.15) is 13.8 Å². The van der Waals surface area contributed by atoms with E-state index in [4.69, 9.17) is 34.8 Å². The lowest BCUT2D eigenvalue weighted by Gasteiger charge is -1.88. The number of carbonyl (C=O) groups excluding carboxylic acids is 1. The summed E-state index contributed by atoms with van der Waals surface area (Å²) in [6.45, 7) is 3.06. The zero-order chi connectivity index (χ0) is 10.4. The first-order valence-corrected chi connectivity index (χ1v) is 4.25. The van der Waals surface area contributed by atoms with E-state index >= 15 is 0 Å². The molecule has 0 amide bonds. The molecule has 0 aliphatic carbocycles. The summed E-state index contributed by atoms with van der Waals surface area (Å²) in [5.74, 6) is 0.167. The number of hydrogen-bond donors (Lipinski definition) is 0. The van der Waals surface area contributed by atoms with Gasteiger partial charge in [-0.2, -0.15) is 15.0 Å². The monoisotopic (exact) mass is 241 g/mol. The van der Waals surface area contributed by atoms with Gasteiger partial charge in [0.2, 0.25) is 15.9 Å². The lowest BCUT2D eigenvalue weighted by Crippen LogP contribution is -1.87. The SMILES string of the molecule is CC(C)=O.Clc1nc(Cl)nc(Cl)n1. The minimum Gasteiger partial charge on any atom is -0.300 e. The molecule has 72 valence electrons. The lowest BCUT2D eigenvalue weighted by atomic mass is 10.6. The number of rotatable bonds is 0. The van der Waals surface area contributed by atoms with Crippen LogP contribution in [0, 0.1) is 0 Å². The number of aromatic nitrogens is 3. The van der Waals surface area contributed by atoms with Crippen LogP contribution >= 0.6 is 34.8 Å². The summed E-state index contributed by atoms with van der Waals surface area (Å²) in [4.78, 5) is 19.8. The fraction of sp³-hybridized carbons (Fsp3) is 0.333. The van der Waals surface area contributed by atoms with Gasteiger partial charge in [-0.25, -0.2) is 0 Å². The summed E-state index contributed by atoms with van der Waals surface area (Å²) in [6, 6.07) is 0. The fourth-order valence-electron chi connectivity index (χ4n) is 0.303. The number of Topliss-reactive ketones (excluding diaryl/α,β-unsaturated/α-hetero) is 1. The first-order valence-electron chi connectivity index (χ1n) is 3.11. The normalized spacial score (nSPS) is 8.69. The van der Waals surface area contributed by atoms with E-state index in [1.165, 1.54) is 13.8 Å². The summed E-state index contributed by atoms with van der Waals surface area (Å²) in [5.41, 5.74) is 0. The van der Waals surface area contributed by atoms with Crippen molar-refractivity contribution in [1.82, 2.24) is 15.0 Å². The molecule has 1 rings (SSSR count). The molecule has 1 aromatic heterocycles. The molecule has 0 saturated carbocycles. The molecular formula is C6H6Cl3N3O. The van der Waals surface area contributed by atoms with E-state index in [1.54, 1.807) is 0 Å². The van der Waals surface area contributed by atoms with Gasteiger partial charge in [0.1, 0.15) is 5.78 Å². The zero-order valence-corrected chi connectivity index (χ0v) is 9.15. The highest BCUT2D eigenvalue weighted by molar-refractivity contribution is 6.33. The summed E-state index contributed by atoms with van der Waals surface area (Å²) < 4.78 is 0. The maximum Gasteiger partial charge on any atom is 0.227 e. The summed E-state index contributed by atoms with van der Waals surface area (Å²) in [5, 5.41) is 0.00000000000000178. The average molecular weight is 242 g/mol. The van der Waals surface area contributed by atoms with Crippen LogP contribution in [0.5, 0.6) is 0 Å². The van der Waals surface area contributed by atoms with Crippen molar-refractivity contribution in [3.8, 4) is 0 Å². The minimum absolute atomic E-state index is 0.000000000000000444. The molecular weight excluding hydrogens is 236 g/mol. The summed E-state index contributed by atoms with van der Waals surface area (Å²) in [6.07, 6.45) is 0. The standard InChI is InChI=1S/C3Cl3N3.C3H6O/c4-1-7-2(5)9-3(6)8-1;1-3(2)4/h;1-2H3. The third-order valence-electron chi connectivity index (χ3n) is 0.554. The van der Waals surface area contributed by atoms with E-state index in [9.17, 15) is 4.79 Å². The maximum absolute atomic E-state index is 9.44. The fourth-order valence-corrected chi connectivity index (χ4v) is 0.913. The van der Waals surface area contributed by atoms with E-state index in [-0.39, 0.29) is 21.6 Å². The predicted molar refractivity (Wildman–Crippen MR) is 51.2 cm³/mol. The van der Waals surface area contributed by atoms with Gasteiger partial charge in [0, 0.05) is 0 Å². The van der Waals surface area contributed by atoms with Gasteiger partial charge in [0.25, 0.3) is 0 Å². The van der Waals surface area contributed by atoms with E-state index in [2.05, 4.69) is 15.0 Å². The molecule has 0 bridgehead atoms. The van der Waals surface area contributed by atoms with Crippen molar-refractivity contribution in [2.45, 2.75) is 13.8 Å². The highest BCUT2D eigenvalue weighted by Crippen LogP contribution is 2.08. The number of hydrogen-bond acceptors (Lipinski definition) is 4. The topological polar surface area (TPSA) is 55.7 Å². The molecule has 0 aromatic carbocycles. The molecule has 0 fully saturated rings. The Balaban J connectivity index is 0.000000310. The van der Waals surface area contributed by atoms with Crippen molar-refractivity contribution in [1.29, 1.82) is 0 Å². The van der Waals surface area contributed by atoms with E-state index in [0.717, 1.165) is 0 Å². The number of carbonyl (C=O) groups is 1. The van der Waals surface area contributed by atoms with Crippen LogP contribution in [0.2, 0.25) is 15.9 Å². The Morgan fingerprint density at radius 2 is 1.08 bits per heavy atom. The molecule has 0 aliphatic heterocycles. The third kappa shape index (κ3) is 7.90. The molecule has 0 N–H and O–H groups in total. The molecule has 0 unspecified atom stereocenters. The Morgan fingerprint density at radius 3 is 1.23 bits per heavy atom. The Kier molecular flexibility index (Phi) is 5.86. The molecule has 0 radical (unpaired) electrons. The molecule has 0 atom stereocenters. The van der Waals surface area contributed by atoms with Gasteiger partial charge >= 0.3 is 0 Å². The Hall–Kier alpha value is -0.450. The molecule has 0 aliphatic rings. The first kappa shape index (κ1) is 12.6. The molecule has 0 saturated heterocycles. The van der Waals surface area contributed by atoms with Crippen LogP contribution in [0.4, 0.5) is 0 Å². The van der Waals surface area contributed by atoms with Crippen LogP contribution in [0.15, 0.2) is 0 Å². The van der Waals surface area contributed by atoms with Crippen molar-refractivity contribution in [2.75, 3.05) is 0 Å².